The van der Waals surface area contributed by atoms with Gasteiger partial charge in [0.1, 0.15) is 11.1 Å². The van der Waals surface area contributed by atoms with Crippen molar-refractivity contribution < 1.29 is 9.18 Å². The molecule has 6 nitrogen and oxygen atoms in total. The van der Waals surface area contributed by atoms with Gasteiger partial charge in [0.2, 0.25) is 11.1 Å². The second-order valence-corrected chi connectivity index (χ2v) is 8.13. The largest absolute Gasteiger partial charge is 0.325 e. The lowest BCUT2D eigenvalue weighted by molar-refractivity contribution is -0.116. The zero-order valence-electron chi connectivity index (χ0n) is 16.4. The Bertz CT molecular complexity index is 1050. The number of halogens is 1. The highest BCUT2D eigenvalue weighted by molar-refractivity contribution is 8.00. The predicted molar refractivity (Wildman–Crippen MR) is 112 cm³/mol. The monoisotopic (exact) mass is 411 g/mol. The molecule has 0 fully saturated rings. The second-order valence-electron chi connectivity index (χ2n) is 7.02. The van der Waals surface area contributed by atoms with E-state index in [1.165, 1.54) is 23.9 Å². The number of carbonyl (C=O) groups is 1. The Morgan fingerprint density at radius 3 is 2.69 bits per heavy atom. The Balaban J connectivity index is 1.69. The first-order valence-corrected chi connectivity index (χ1v) is 10.4. The smallest absolute Gasteiger partial charge is 0.240 e. The summed E-state index contributed by atoms with van der Waals surface area (Å²) in [5, 5.41) is 11.6. The Labute approximate surface area is 172 Å². The zero-order chi connectivity index (χ0) is 20.5. The van der Waals surface area contributed by atoms with Crippen molar-refractivity contribution in [1.82, 2.24) is 14.9 Å². The van der Waals surface area contributed by atoms with Crippen molar-refractivity contribution in [2.45, 2.75) is 43.6 Å². The maximum absolute atomic E-state index is 13.5. The molecule has 1 aliphatic heterocycles. The Hall–Kier alpha value is -2.87. The number of amides is 1. The molecule has 0 aliphatic carbocycles. The van der Waals surface area contributed by atoms with Crippen LogP contribution in [0.4, 0.5) is 10.1 Å². The molecular weight excluding hydrogens is 389 g/mol. The minimum atomic E-state index is -0.498. The van der Waals surface area contributed by atoms with Gasteiger partial charge in [-0.15, -0.1) is 10.2 Å². The lowest BCUT2D eigenvalue weighted by Crippen LogP contribution is -2.41. The summed E-state index contributed by atoms with van der Waals surface area (Å²) in [5.41, 5.74) is 7.11. The molecule has 2 N–H and O–H groups in total. The molecule has 0 unspecified atom stereocenters. The van der Waals surface area contributed by atoms with Crippen molar-refractivity contribution in [3.63, 3.8) is 0 Å². The van der Waals surface area contributed by atoms with Crippen LogP contribution in [-0.2, 0) is 11.2 Å². The van der Waals surface area contributed by atoms with Gasteiger partial charge in [0.15, 0.2) is 5.82 Å². The van der Waals surface area contributed by atoms with Gasteiger partial charge in [-0.05, 0) is 48.7 Å². The Kier molecular flexibility index (Phi) is 5.27. The fourth-order valence-electron chi connectivity index (χ4n) is 3.34. The first kappa shape index (κ1) is 19.4. The van der Waals surface area contributed by atoms with Gasteiger partial charge in [-0.2, -0.15) is 0 Å². The summed E-state index contributed by atoms with van der Waals surface area (Å²) >= 11 is 1.36. The molecular formula is C21H22FN5OS. The van der Waals surface area contributed by atoms with Gasteiger partial charge in [-0.3, -0.25) is 4.79 Å². The van der Waals surface area contributed by atoms with Gasteiger partial charge in [0.25, 0.3) is 0 Å². The molecule has 0 spiro atoms. The number of aromatic nitrogens is 3. The summed E-state index contributed by atoms with van der Waals surface area (Å²) in [6, 6.07) is 11.7. The van der Waals surface area contributed by atoms with Gasteiger partial charge in [-0.1, -0.05) is 43.0 Å². The molecule has 1 aliphatic rings. The molecule has 2 aromatic carbocycles. The van der Waals surface area contributed by atoms with E-state index in [4.69, 9.17) is 0 Å². The van der Waals surface area contributed by atoms with E-state index >= 15 is 0 Å². The number of hydrogen-bond donors (Lipinski definition) is 2. The number of fused-ring (bicyclic) bond motifs is 1. The molecule has 8 heteroatoms. The number of nitrogens with zero attached hydrogens (tertiary/aromatic N) is 3. The summed E-state index contributed by atoms with van der Waals surface area (Å²) in [5.74, 6) is 0.332. The van der Waals surface area contributed by atoms with Crippen molar-refractivity contribution >= 4 is 23.4 Å². The number of thioether (sulfide) groups is 1. The summed E-state index contributed by atoms with van der Waals surface area (Å²) < 4.78 is 15.3. The minimum Gasteiger partial charge on any atom is -0.325 e. The number of anilines is 1. The maximum atomic E-state index is 13.5. The third kappa shape index (κ3) is 3.72. The number of carbonyl (C=O) groups excluding carboxylic acids is 1. The molecule has 1 amide bonds. The number of aryl methyl sites for hydroxylation is 2. The van der Waals surface area contributed by atoms with Crippen molar-refractivity contribution in [2.24, 2.45) is 0 Å². The van der Waals surface area contributed by atoms with Crippen LogP contribution in [0.2, 0.25) is 0 Å². The molecule has 0 saturated heterocycles. The Morgan fingerprint density at radius 2 is 1.97 bits per heavy atom. The average Bonchev–Trinajstić information content (AvgIpc) is 3.13. The van der Waals surface area contributed by atoms with E-state index in [0.717, 1.165) is 28.2 Å². The standard InChI is InChI=1S/C21H22FN5OS/c1-4-17-24-25-21-27(17)26-18(14-8-10-15(22)11-9-14)19(29-21)20(28)23-16-7-5-6-12(2)13(16)3/h5-11,18-19,26H,4H2,1-3H3,(H,23,28)/t18-,19+/m1/s1. The molecule has 150 valence electrons. The van der Waals surface area contributed by atoms with E-state index in [9.17, 15) is 9.18 Å². The quantitative estimate of drug-likeness (QED) is 0.679. The third-order valence-electron chi connectivity index (χ3n) is 5.17. The molecule has 0 saturated carbocycles. The molecule has 2 heterocycles. The summed E-state index contributed by atoms with van der Waals surface area (Å²) in [4.78, 5) is 13.3. The van der Waals surface area contributed by atoms with Crippen molar-refractivity contribution in [1.29, 1.82) is 0 Å². The van der Waals surface area contributed by atoms with Gasteiger partial charge in [0, 0.05) is 12.1 Å². The highest BCUT2D eigenvalue weighted by Crippen LogP contribution is 2.38. The lowest BCUT2D eigenvalue weighted by atomic mass is 10.0. The number of hydrogen-bond acceptors (Lipinski definition) is 5. The van der Waals surface area contributed by atoms with E-state index in [-0.39, 0.29) is 17.8 Å². The van der Waals surface area contributed by atoms with Crippen LogP contribution in [0, 0.1) is 19.7 Å². The van der Waals surface area contributed by atoms with Crippen LogP contribution in [-0.4, -0.2) is 26.0 Å². The lowest BCUT2D eigenvalue weighted by Gasteiger charge is -2.33. The molecule has 2 atom stereocenters. The SMILES string of the molecule is CCc1nnc2n1N[C@H](c1ccc(F)cc1)[C@@H](C(=O)Nc1cccc(C)c1C)S2. The van der Waals surface area contributed by atoms with Crippen LogP contribution in [0.25, 0.3) is 0 Å². The Morgan fingerprint density at radius 1 is 1.21 bits per heavy atom. The zero-order valence-corrected chi connectivity index (χ0v) is 17.3. The van der Waals surface area contributed by atoms with E-state index in [1.54, 1.807) is 12.1 Å². The second kappa shape index (κ2) is 7.87. The van der Waals surface area contributed by atoms with Crippen LogP contribution in [0.3, 0.4) is 0 Å². The molecule has 3 aromatic rings. The van der Waals surface area contributed by atoms with Crippen LogP contribution < -0.4 is 10.7 Å². The molecule has 4 rings (SSSR count). The predicted octanol–water partition coefficient (Wildman–Crippen LogP) is 3.99. The van der Waals surface area contributed by atoms with Crippen molar-refractivity contribution in [3.8, 4) is 0 Å². The molecule has 1 aromatic heterocycles. The van der Waals surface area contributed by atoms with Gasteiger partial charge in [0.05, 0.1) is 6.04 Å². The molecule has 0 bridgehead atoms. The normalized spacial score (nSPS) is 18.1. The van der Waals surface area contributed by atoms with Crippen LogP contribution in [0.15, 0.2) is 47.6 Å². The summed E-state index contributed by atoms with van der Waals surface area (Å²) in [7, 11) is 0. The van der Waals surface area contributed by atoms with E-state index in [1.807, 2.05) is 43.6 Å². The van der Waals surface area contributed by atoms with Gasteiger partial charge >= 0.3 is 0 Å². The fraction of sp³-hybridized carbons (Fsp3) is 0.286. The summed E-state index contributed by atoms with van der Waals surface area (Å²) in [6.45, 7) is 5.99. The van der Waals surface area contributed by atoms with E-state index in [0.29, 0.717) is 11.6 Å². The van der Waals surface area contributed by atoms with E-state index in [2.05, 4.69) is 20.9 Å². The number of nitrogens with one attached hydrogen (secondary N) is 2. The van der Waals surface area contributed by atoms with Crippen molar-refractivity contribution in [2.75, 3.05) is 10.7 Å². The molecule has 29 heavy (non-hydrogen) atoms. The van der Waals surface area contributed by atoms with E-state index < -0.39 is 5.25 Å². The van der Waals surface area contributed by atoms with Crippen molar-refractivity contribution in [3.05, 3.63) is 70.8 Å². The molecule has 0 radical (unpaired) electrons. The first-order chi connectivity index (χ1) is 14.0. The topological polar surface area (TPSA) is 71.8 Å². The average molecular weight is 412 g/mol. The maximum Gasteiger partial charge on any atom is 0.240 e. The van der Waals surface area contributed by atoms with Crippen LogP contribution in [0.1, 0.15) is 35.5 Å². The highest BCUT2D eigenvalue weighted by atomic mass is 32.2. The fourth-order valence-corrected chi connectivity index (χ4v) is 4.44. The summed E-state index contributed by atoms with van der Waals surface area (Å²) in [6.07, 6.45) is 0.704. The van der Waals surface area contributed by atoms with Gasteiger partial charge < -0.3 is 10.7 Å². The minimum absolute atomic E-state index is 0.141. The number of rotatable bonds is 4. The van der Waals surface area contributed by atoms with Crippen LogP contribution >= 0.6 is 11.8 Å². The first-order valence-electron chi connectivity index (χ1n) is 9.48. The van der Waals surface area contributed by atoms with Gasteiger partial charge in [-0.25, -0.2) is 9.07 Å². The number of benzene rings is 2. The third-order valence-corrected chi connectivity index (χ3v) is 6.39. The highest BCUT2D eigenvalue weighted by Gasteiger charge is 2.37. The van der Waals surface area contributed by atoms with Crippen LogP contribution in [0.5, 0.6) is 0 Å².